The Morgan fingerprint density at radius 3 is 2.43 bits per heavy atom. The zero-order chi connectivity index (χ0) is 35.5. The summed E-state index contributed by atoms with van der Waals surface area (Å²) in [5, 5.41) is 6.11. The van der Waals surface area contributed by atoms with Crippen LogP contribution in [0.15, 0.2) is 40.2 Å². The summed E-state index contributed by atoms with van der Waals surface area (Å²) >= 11 is 5.30. The number of alkyl halides is 3. The SMILES string of the molecule is COC(=O)CC1COc2c(cc3c4c2CCCN4CCC3)-c2c(NC(C)(C)C)n3c(-c4ccc(Br)cc4)csc3[n+]21.O=S(=O)([O-])C(F)(F)F. The molecule has 10 nitrogen and oxygen atoms in total. The van der Waals surface area contributed by atoms with E-state index in [0.717, 1.165) is 75.9 Å². The van der Waals surface area contributed by atoms with Gasteiger partial charge in [0.05, 0.1) is 19.1 Å². The Morgan fingerprint density at radius 1 is 1.16 bits per heavy atom. The Balaban J connectivity index is 0.000000466. The van der Waals surface area contributed by atoms with Crippen molar-refractivity contribution in [2.24, 2.45) is 0 Å². The van der Waals surface area contributed by atoms with Gasteiger partial charge in [-0.2, -0.15) is 17.6 Å². The first-order valence-corrected chi connectivity index (χ1v) is 18.8. The van der Waals surface area contributed by atoms with Crippen molar-refractivity contribution in [2.45, 2.75) is 70.0 Å². The van der Waals surface area contributed by atoms with E-state index in [1.54, 1.807) is 11.3 Å². The maximum absolute atomic E-state index is 12.8. The first kappa shape index (κ1) is 35.5. The minimum Gasteiger partial charge on any atom is -0.741 e. The summed E-state index contributed by atoms with van der Waals surface area (Å²) in [6.07, 6.45) is 4.62. The molecule has 3 aliphatic heterocycles. The third kappa shape index (κ3) is 6.88. The molecule has 5 heterocycles. The van der Waals surface area contributed by atoms with Crippen molar-refractivity contribution < 1.29 is 45.0 Å². The largest absolute Gasteiger partial charge is 0.741 e. The third-order valence-electron chi connectivity index (χ3n) is 8.66. The second-order valence-corrected chi connectivity index (χ2v) is 16.4. The van der Waals surface area contributed by atoms with Crippen LogP contribution >= 0.6 is 27.3 Å². The minimum absolute atomic E-state index is 0.202. The van der Waals surface area contributed by atoms with Crippen molar-refractivity contribution in [3.05, 3.63) is 51.3 Å². The molecular weight excluding hydrogens is 749 g/mol. The molecule has 264 valence electrons. The average Bonchev–Trinajstić information content (AvgIpc) is 3.53. The normalized spacial score (nSPS) is 17.2. The van der Waals surface area contributed by atoms with Crippen LogP contribution in [0.1, 0.15) is 57.2 Å². The summed E-state index contributed by atoms with van der Waals surface area (Å²) in [7, 11) is -4.63. The Labute approximate surface area is 294 Å². The Morgan fingerprint density at radius 2 is 1.82 bits per heavy atom. The molecule has 4 aromatic rings. The van der Waals surface area contributed by atoms with Crippen LogP contribution in [0, 0.1) is 0 Å². The zero-order valence-corrected chi connectivity index (χ0v) is 30.5. The molecule has 0 spiro atoms. The number of carbonyl (C=O) groups is 1. The van der Waals surface area contributed by atoms with Gasteiger partial charge in [-0.05, 0) is 82.3 Å². The highest BCUT2D eigenvalue weighted by atomic mass is 79.9. The number of aryl methyl sites for hydroxylation is 1. The Kier molecular flexibility index (Phi) is 9.48. The van der Waals surface area contributed by atoms with E-state index < -0.39 is 15.6 Å². The van der Waals surface area contributed by atoms with Gasteiger partial charge < -0.3 is 24.2 Å². The van der Waals surface area contributed by atoms with E-state index in [1.165, 1.54) is 30.3 Å². The van der Waals surface area contributed by atoms with Crippen LogP contribution in [-0.2, 0) is 32.5 Å². The van der Waals surface area contributed by atoms with Crippen LogP contribution < -0.4 is 19.5 Å². The molecule has 0 amide bonds. The molecule has 1 N–H and O–H groups in total. The van der Waals surface area contributed by atoms with E-state index in [1.807, 2.05) is 0 Å². The highest BCUT2D eigenvalue weighted by molar-refractivity contribution is 9.10. The fourth-order valence-corrected chi connectivity index (χ4v) is 8.12. The molecule has 0 bridgehead atoms. The van der Waals surface area contributed by atoms with E-state index >= 15 is 0 Å². The first-order chi connectivity index (χ1) is 23.0. The number of ether oxygens (including phenoxy) is 2. The fourth-order valence-electron chi connectivity index (χ4n) is 6.75. The van der Waals surface area contributed by atoms with Crippen LogP contribution in [0.4, 0.5) is 24.7 Å². The molecule has 3 aliphatic rings. The lowest BCUT2D eigenvalue weighted by Crippen LogP contribution is -2.43. The van der Waals surface area contributed by atoms with Crippen LogP contribution in [0.2, 0.25) is 0 Å². The minimum atomic E-state index is -6.09. The van der Waals surface area contributed by atoms with Gasteiger partial charge in [-0.15, -0.1) is 0 Å². The number of nitrogens with zero attached hydrogens (tertiary/aromatic N) is 3. The fraction of sp³-hybridized carbons (Fsp3) is 0.455. The van der Waals surface area contributed by atoms with Crippen LogP contribution in [0.3, 0.4) is 0 Å². The third-order valence-corrected chi connectivity index (χ3v) is 10.7. The molecule has 0 saturated carbocycles. The lowest BCUT2D eigenvalue weighted by atomic mass is 9.88. The van der Waals surface area contributed by atoms with Gasteiger partial charge >= 0.3 is 16.4 Å². The van der Waals surface area contributed by atoms with Crippen molar-refractivity contribution in [3.63, 3.8) is 0 Å². The number of fused-ring (bicyclic) bond motifs is 6. The van der Waals surface area contributed by atoms with E-state index in [9.17, 15) is 18.0 Å². The molecule has 7 rings (SSSR count). The standard InChI is InChI=1S/C32H36BrN4O3S.CHF3O3S/c1-32(2,3)34-30-28-24-15-20-7-5-13-35-14-6-8-23(27(20)35)29(24)40-17-22(16-26(38)39-4)36(28)31-37(30)25(18-41-31)19-9-11-21(33)12-10-19;2-1(3,4)8(5,6)7/h9-12,15,18,22,34H,5-8,13-14,16-17H2,1-4H3;(H,5,6,7)/q+1;/p-1. The van der Waals surface area contributed by atoms with Crippen molar-refractivity contribution in [3.8, 4) is 28.3 Å². The monoisotopic (exact) mass is 784 g/mol. The van der Waals surface area contributed by atoms with Crippen molar-refractivity contribution in [1.29, 1.82) is 0 Å². The molecule has 2 aromatic carbocycles. The van der Waals surface area contributed by atoms with Gasteiger partial charge in [0.25, 0.3) is 0 Å². The Bertz CT molecular complexity index is 2020. The number of hydrogen-bond acceptors (Lipinski definition) is 9. The molecule has 2 aromatic heterocycles. The number of thiazole rings is 1. The van der Waals surface area contributed by atoms with Crippen molar-refractivity contribution >= 4 is 59.8 Å². The summed E-state index contributed by atoms with van der Waals surface area (Å²) in [4.78, 5) is 16.4. The zero-order valence-electron chi connectivity index (χ0n) is 27.3. The predicted octanol–water partition coefficient (Wildman–Crippen LogP) is 6.84. The molecule has 49 heavy (non-hydrogen) atoms. The molecular formula is C33H36BrF3N4O6S2. The topological polar surface area (TPSA) is 116 Å². The summed E-state index contributed by atoms with van der Waals surface area (Å²) in [6, 6.07) is 10.7. The van der Waals surface area contributed by atoms with Gasteiger partial charge in [-0.1, -0.05) is 27.3 Å². The lowest BCUT2D eigenvalue weighted by molar-refractivity contribution is -0.684. The second-order valence-electron chi connectivity index (χ2n) is 13.3. The molecule has 16 heteroatoms. The number of nitrogens with one attached hydrogen (secondary N) is 1. The first-order valence-electron chi connectivity index (χ1n) is 15.8. The number of hydrogen-bond donors (Lipinski definition) is 1. The highest BCUT2D eigenvalue weighted by Gasteiger charge is 2.43. The number of halogens is 4. The number of carbonyl (C=O) groups excluding carboxylic acids is 1. The number of methoxy groups -OCH3 is 1. The molecule has 0 aliphatic carbocycles. The molecule has 1 unspecified atom stereocenters. The van der Waals surface area contributed by atoms with Crippen molar-refractivity contribution in [2.75, 3.05) is 37.0 Å². The molecule has 0 radical (unpaired) electrons. The van der Waals surface area contributed by atoms with E-state index in [0.29, 0.717) is 6.61 Å². The number of anilines is 2. The molecule has 0 saturated heterocycles. The maximum Gasteiger partial charge on any atom is 0.485 e. The summed E-state index contributed by atoms with van der Waals surface area (Å²) in [6.45, 7) is 9.22. The van der Waals surface area contributed by atoms with Crippen molar-refractivity contribution in [1.82, 2.24) is 4.40 Å². The van der Waals surface area contributed by atoms with Gasteiger partial charge in [0.1, 0.15) is 18.4 Å². The smallest absolute Gasteiger partial charge is 0.485 e. The molecule has 1 atom stereocenters. The van der Waals surface area contributed by atoms with Gasteiger partial charge in [0.15, 0.2) is 15.8 Å². The number of imidazole rings is 1. The van der Waals surface area contributed by atoms with Gasteiger partial charge in [0.2, 0.25) is 11.5 Å². The number of benzene rings is 2. The number of esters is 1. The van der Waals surface area contributed by atoms with E-state index in [4.69, 9.17) is 22.4 Å². The van der Waals surface area contributed by atoms with E-state index in [2.05, 4.69) is 91.6 Å². The van der Waals surface area contributed by atoms with E-state index in [-0.39, 0.29) is 24.0 Å². The van der Waals surface area contributed by atoms with Gasteiger partial charge in [-0.25, -0.2) is 13.0 Å². The quantitative estimate of drug-likeness (QED) is 0.104. The maximum atomic E-state index is 12.8. The van der Waals surface area contributed by atoms with Crippen LogP contribution in [0.5, 0.6) is 5.75 Å². The lowest BCUT2D eigenvalue weighted by Gasteiger charge is -2.38. The van der Waals surface area contributed by atoms with Gasteiger partial charge in [0, 0.05) is 45.3 Å². The number of aromatic nitrogens is 2. The average molecular weight is 786 g/mol. The molecule has 0 fully saturated rings. The second kappa shape index (κ2) is 13.1. The number of rotatable bonds is 4. The van der Waals surface area contributed by atoms with Crippen LogP contribution in [0.25, 0.3) is 27.5 Å². The van der Waals surface area contributed by atoms with Gasteiger partial charge in [-0.3, -0.25) is 4.79 Å². The highest BCUT2D eigenvalue weighted by Crippen LogP contribution is 2.49. The Hall–Kier alpha value is -3.34. The summed E-state index contributed by atoms with van der Waals surface area (Å²) in [5.41, 5.74) is 2.76. The van der Waals surface area contributed by atoms with Crippen LogP contribution in [-0.4, -0.2) is 61.2 Å². The summed E-state index contributed by atoms with van der Waals surface area (Å²) in [5.74, 6) is 1.78. The summed E-state index contributed by atoms with van der Waals surface area (Å²) < 4.78 is 76.6. The predicted molar refractivity (Wildman–Crippen MR) is 183 cm³/mol.